The van der Waals surface area contributed by atoms with Crippen molar-refractivity contribution in [3.8, 4) is 0 Å². The van der Waals surface area contributed by atoms with Crippen LogP contribution in [0, 0.1) is 0 Å². The molecule has 120 valence electrons. The Morgan fingerprint density at radius 2 is 2.32 bits per heavy atom. The Morgan fingerprint density at radius 1 is 1.45 bits per heavy atom. The summed E-state index contributed by atoms with van der Waals surface area (Å²) in [5.41, 5.74) is 2.20. The number of nitrogens with zero attached hydrogens (tertiary/aromatic N) is 3. The van der Waals surface area contributed by atoms with Gasteiger partial charge in [-0.3, -0.25) is 9.58 Å². The molecule has 0 aromatic carbocycles. The maximum atomic E-state index is 11.7. The summed E-state index contributed by atoms with van der Waals surface area (Å²) in [7, 11) is -3.20. The molecule has 3 rings (SSSR count). The highest BCUT2D eigenvalue weighted by Crippen LogP contribution is 2.21. The minimum Gasteiger partial charge on any atom is -0.472 e. The first-order chi connectivity index (χ1) is 10.6. The first kappa shape index (κ1) is 15.3. The Hall–Kier alpha value is -1.64. The third-order valence-corrected chi connectivity index (χ3v) is 5.22. The highest BCUT2D eigenvalue weighted by Gasteiger charge is 2.26. The summed E-state index contributed by atoms with van der Waals surface area (Å²) in [5, 5.41) is 4.33. The fourth-order valence-electron chi connectivity index (χ4n) is 2.70. The van der Waals surface area contributed by atoms with Gasteiger partial charge in [0.05, 0.1) is 30.0 Å². The predicted molar refractivity (Wildman–Crippen MR) is 81.5 cm³/mol. The van der Waals surface area contributed by atoms with Crippen LogP contribution in [0.1, 0.15) is 24.2 Å². The van der Waals surface area contributed by atoms with E-state index in [0.29, 0.717) is 6.54 Å². The van der Waals surface area contributed by atoms with Gasteiger partial charge in [-0.15, -0.1) is 0 Å². The molecule has 0 fully saturated rings. The van der Waals surface area contributed by atoms with Gasteiger partial charge in [-0.1, -0.05) is 0 Å². The number of furan rings is 1. The molecule has 0 spiro atoms. The fourth-order valence-corrected chi connectivity index (χ4v) is 3.35. The molecule has 0 unspecified atom stereocenters. The minimum absolute atomic E-state index is 0.00743. The van der Waals surface area contributed by atoms with Crippen molar-refractivity contribution in [2.75, 3.05) is 18.8 Å². The molecule has 0 saturated heterocycles. The summed E-state index contributed by atoms with van der Waals surface area (Å²) < 4.78 is 33.0. The summed E-state index contributed by atoms with van der Waals surface area (Å²) in [6, 6.07) is 3.91. The highest BCUT2D eigenvalue weighted by atomic mass is 32.2. The SMILES string of the molecule is CCS(=O)(=O)NC[C@H]1CN(Cc2ccoc2)Cc2ccnn21. The lowest BCUT2D eigenvalue weighted by Gasteiger charge is -2.33. The van der Waals surface area contributed by atoms with Gasteiger partial charge in [-0.2, -0.15) is 5.10 Å². The molecular formula is C14H20N4O3S. The zero-order valence-electron chi connectivity index (χ0n) is 12.5. The van der Waals surface area contributed by atoms with Crippen LogP contribution in [-0.2, 0) is 23.1 Å². The molecule has 1 atom stereocenters. The lowest BCUT2D eigenvalue weighted by Crippen LogP contribution is -2.42. The lowest BCUT2D eigenvalue weighted by molar-refractivity contribution is 0.167. The number of aromatic nitrogens is 2. The van der Waals surface area contributed by atoms with E-state index in [1.807, 2.05) is 16.8 Å². The summed E-state index contributed by atoms with van der Waals surface area (Å²) in [5.74, 6) is 0.0877. The van der Waals surface area contributed by atoms with E-state index in [2.05, 4.69) is 14.7 Å². The standard InChI is InChI=1S/C14H20N4O3S/c1-2-22(19,20)16-7-14-10-17(8-12-4-6-21-11-12)9-13-3-5-15-18(13)14/h3-6,11,14,16H,2,7-10H2,1H3/t14-/m0/s1. The van der Waals surface area contributed by atoms with Crippen molar-refractivity contribution in [1.82, 2.24) is 19.4 Å². The van der Waals surface area contributed by atoms with E-state index in [4.69, 9.17) is 4.42 Å². The highest BCUT2D eigenvalue weighted by molar-refractivity contribution is 7.89. The van der Waals surface area contributed by atoms with Crippen LogP contribution >= 0.6 is 0 Å². The molecule has 7 nitrogen and oxygen atoms in total. The number of hydrogen-bond acceptors (Lipinski definition) is 5. The molecule has 0 radical (unpaired) electrons. The van der Waals surface area contributed by atoms with Crippen molar-refractivity contribution in [2.24, 2.45) is 0 Å². The second kappa shape index (κ2) is 6.23. The molecule has 2 aromatic heterocycles. The number of hydrogen-bond donors (Lipinski definition) is 1. The van der Waals surface area contributed by atoms with Gasteiger partial charge in [0.25, 0.3) is 0 Å². The van der Waals surface area contributed by atoms with Crippen LogP contribution < -0.4 is 4.72 Å². The third-order valence-electron chi connectivity index (χ3n) is 3.86. The normalized spacial score (nSPS) is 19.2. The number of rotatable bonds is 6. The van der Waals surface area contributed by atoms with Gasteiger partial charge in [0.2, 0.25) is 10.0 Å². The second-order valence-corrected chi connectivity index (χ2v) is 7.57. The number of nitrogens with one attached hydrogen (secondary N) is 1. The average molecular weight is 324 g/mol. The summed E-state index contributed by atoms with van der Waals surface area (Å²) >= 11 is 0. The van der Waals surface area contributed by atoms with Crippen molar-refractivity contribution in [3.63, 3.8) is 0 Å². The molecular weight excluding hydrogens is 304 g/mol. The number of sulfonamides is 1. The molecule has 8 heteroatoms. The smallest absolute Gasteiger partial charge is 0.211 e. The van der Waals surface area contributed by atoms with Crippen LogP contribution in [-0.4, -0.2) is 41.9 Å². The monoisotopic (exact) mass is 324 g/mol. The predicted octanol–water partition coefficient (Wildman–Crippen LogP) is 0.972. The largest absolute Gasteiger partial charge is 0.472 e. The topological polar surface area (TPSA) is 80.4 Å². The Morgan fingerprint density at radius 3 is 3.05 bits per heavy atom. The van der Waals surface area contributed by atoms with Crippen molar-refractivity contribution >= 4 is 10.0 Å². The minimum atomic E-state index is -3.20. The zero-order valence-corrected chi connectivity index (χ0v) is 13.3. The Labute approximate surface area is 130 Å². The zero-order chi connectivity index (χ0) is 15.6. The van der Waals surface area contributed by atoms with E-state index >= 15 is 0 Å². The molecule has 1 N–H and O–H groups in total. The van der Waals surface area contributed by atoms with Crippen LogP contribution in [0.15, 0.2) is 35.3 Å². The quantitative estimate of drug-likeness (QED) is 0.856. The van der Waals surface area contributed by atoms with Crippen LogP contribution in [0.5, 0.6) is 0 Å². The molecule has 0 saturated carbocycles. The van der Waals surface area contributed by atoms with E-state index in [1.165, 1.54) is 0 Å². The molecule has 1 aliphatic heterocycles. The summed E-state index contributed by atoms with van der Waals surface area (Å²) in [4.78, 5) is 2.27. The molecule has 22 heavy (non-hydrogen) atoms. The average Bonchev–Trinajstić information content (AvgIpc) is 3.16. The molecule has 1 aliphatic rings. The maximum Gasteiger partial charge on any atom is 0.211 e. The van der Waals surface area contributed by atoms with E-state index in [-0.39, 0.29) is 11.8 Å². The van der Waals surface area contributed by atoms with Gasteiger partial charge in [0.15, 0.2) is 0 Å². The Balaban J connectivity index is 1.72. The van der Waals surface area contributed by atoms with Gasteiger partial charge in [-0.05, 0) is 19.1 Å². The number of fused-ring (bicyclic) bond motifs is 1. The van der Waals surface area contributed by atoms with Crippen LogP contribution in [0.4, 0.5) is 0 Å². The molecule has 3 heterocycles. The van der Waals surface area contributed by atoms with Crippen LogP contribution in [0.2, 0.25) is 0 Å². The van der Waals surface area contributed by atoms with Gasteiger partial charge < -0.3 is 4.42 Å². The van der Waals surface area contributed by atoms with Gasteiger partial charge in [0, 0.05) is 37.9 Å². The summed E-state index contributed by atoms with van der Waals surface area (Å²) in [6.07, 6.45) is 5.16. The first-order valence-electron chi connectivity index (χ1n) is 7.30. The molecule has 0 amide bonds. The van der Waals surface area contributed by atoms with Crippen LogP contribution in [0.25, 0.3) is 0 Å². The van der Waals surface area contributed by atoms with E-state index in [0.717, 1.165) is 30.9 Å². The van der Waals surface area contributed by atoms with E-state index < -0.39 is 10.0 Å². The van der Waals surface area contributed by atoms with Gasteiger partial charge >= 0.3 is 0 Å². The van der Waals surface area contributed by atoms with Crippen LogP contribution in [0.3, 0.4) is 0 Å². The molecule has 0 bridgehead atoms. The van der Waals surface area contributed by atoms with Crippen molar-refractivity contribution in [1.29, 1.82) is 0 Å². The van der Waals surface area contributed by atoms with E-state index in [1.54, 1.807) is 25.6 Å². The third kappa shape index (κ3) is 3.40. The van der Waals surface area contributed by atoms with Gasteiger partial charge in [-0.25, -0.2) is 13.1 Å². The van der Waals surface area contributed by atoms with Crippen molar-refractivity contribution in [3.05, 3.63) is 42.1 Å². The Bertz CT molecular complexity index is 708. The van der Waals surface area contributed by atoms with Crippen molar-refractivity contribution in [2.45, 2.75) is 26.1 Å². The Kier molecular flexibility index (Phi) is 4.32. The fraction of sp³-hybridized carbons (Fsp3) is 0.500. The molecule has 0 aliphatic carbocycles. The van der Waals surface area contributed by atoms with Crippen molar-refractivity contribution < 1.29 is 12.8 Å². The lowest BCUT2D eigenvalue weighted by atomic mass is 10.1. The molecule has 2 aromatic rings. The van der Waals surface area contributed by atoms with E-state index in [9.17, 15) is 8.42 Å². The van der Waals surface area contributed by atoms with Gasteiger partial charge in [0.1, 0.15) is 0 Å². The first-order valence-corrected chi connectivity index (χ1v) is 8.96. The second-order valence-electron chi connectivity index (χ2n) is 5.47. The summed E-state index contributed by atoms with van der Waals surface area (Å²) in [6.45, 7) is 4.30. The maximum absolute atomic E-state index is 11.7.